The molecule has 0 aromatic carbocycles. The third kappa shape index (κ3) is 13.9. The van der Waals surface area contributed by atoms with E-state index in [1.807, 2.05) is 0 Å². The van der Waals surface area contributed by atoms with Crippen LogP contribution in [0.2, 0.25) is 0 Å². The summed E-state index contributed by atoms with van der Waals surface area (Å²) in [5, 5.41) is 8.82. The Bertz CT molecular complexity index is 314. The molecule has 0 aromatic rings. The molecule has 0 amide bonds. The molecule has 128 valence electrons. The Balaban J connectivity index is 3.30. The van der Waals surface area contributed by atoms with Crippen LogP contribution in [0.1, 0.15) is 90.4 Å². The van der Waals surface area contributed by atoms with Gasteiger partial charge in [-0.15, -0.1) is 11.8 Å². The second-order valence-electron chi connectivity index (χ2n) is 5.89. The highest BCUT2D eigenvalue weighted by molar-refractivity contribution is 5.72. The minimum Gasteiger partial charge on any atom is -0.479 e. The van der Waals surface area contributed by atoms with E-state index >= 15 is 0 Å². The van der Waals surface area contributed by atoms with Crippen molar-refractivity contribution in [3.05, 3.63) is 0 Å². The molecule has 0 unspecified atom stereocenters. The van der Waals surface area contributed by atoms with Crippen molar-refractivity contribution in [3.63, 3.8) is 0 Å². The van der Waals surface area contributed by atoms with Gasteiger partial charge in [0.1, 0.15) is 0 Å². The fourth-order valence-corrected chi connectivity index (χ4v) is 2.42. The summed E-state index contributed by atoms with van der Waals surface area (Å²) in [6, 6.07) is 0. The van der Waals surface area contributed by atoms with Crippen LogP contribution in [0.3, 0.4) is 0 Å². The lowest BCUT2D eigenvalue weighted by Gasteiger charge is -2.07. The largest absolute Gasteiger partial charge is 0.479 e. The maximum atomic E-state index is 10.7. The Hall–Kier alpha value is -1.01. The van der Waals surface area contributed by atoms with Crippen molar-refractivity contribution in [2.45, 2.75) is 96.5 Å². The minimum absolute atomic E-state index is 0.540. The molecule has 0 rings (SSSR count). The molecule has 1 N–H and O–H groups in total. The number of carboxylic acid groups (broad SMARTS) is 1. The summed E-state index contributed by atoms with van der Waals surface area (Å²) in [6.45, 7) is 2.25. The molecule has 3 nitrogen and oxygen atoms in total. The van der Waals surface area contributed by atoms with Crippen molar-refractivity contribution in [1.82, 2.24) is 0 Å². The van der Waals surface area contributed by atoms with Gasteiger partial charge in [-0.3, -0.25) is 0 Å². The number of carbonyl (C=O) groups is 1. The molecular formula is C19H34O3. The van der Waals surface area contributed by atoms with Crippen molar-refractivity contribution in [2.24, 2.45) is 0 Å². The zero-order valence-electron chi connectivity index (χ0n) is 14.5. The van der Waals surface area contributed by atoms with E-state index in [9.17, 15) is 4.79 Å². The summed E-state index contributed by atoms with van der Waals surface area (Å²) >= 11 is 0. The molecule has 0 aliphatic rings. The molecule has 3 heteroatoms. The van der Waals surface area contributed by atoms with Gasteiger partial charge in [-0.25, -0.2) is 4.79 Å². The van der Waals surface area contributed by atoms with E-state index < -0.39 is 12.1 Å². The van der Waals surface area contributed by atoms with Gasteiger partial charge in [0.2, 0.25) is 0 Å². The lowest BCUT2D eigenvalue weighted by atomic mass is 10.1. The molecule has 1 atom stereocenters. The first-order valence-electron chi connectivity index (χ1n) is 8.93. The summed E-state index contributed by atoms with van der Waals surface area (Å²) < 4.78 is 4.88. The van der Waals surface area contributed by atoms with Crippen LogP contribution < -0.4 is 0 Å². The number of methoxy groups -OCH3 is 1. The number of carboxylic acids is 1. The minimum atomic E-state index is -0.884. The average Bonchev–Trinajstić information content (AvgIpc) is 2.51. The van der Waals surface area contributed by atoms with Crippen molar-refractivity contribution < 1.29 is 14.6 Å². The Morgan fingerprint density at radius 3 is 1.91 bits per heavy atom. The lowest BCUT2D eigenvalue weighted by molar-refractivity contribution is -0.148. The summed E-state index contributed by atoms with van der Waals surface area (Å²) in [6.07, 6.45) is 14.4. The molecule has 0 saturated heterocycles. The summed E-state index contributed by atoms with van der Waals surface area (Å²) in [4.78, 5) is 10.7. The number of ether oxygens (including phenoxy) is 1. The Morgan fingerprint density at radius 1 is 0.909 bits per heavy atom. The second kappa shape index (κ2) is 16.4. The zero-order valence-corrected chi connectivity index (χ0v) is 14.5. The SMILES string of the molecule is CCCCCCCCCCCC#CCCC[C@H](OC)C(=O)O. The smallest absolute Gasteiger partial charge is 0.332 e. The van der Waals surface area contributed by atoms with Gasteiger partial charge in [0.15, 0.2) is 6.10 Å². The summed E-state index contributed by atoms with van der Waals surface area (Å²) in [7, 11) is 1.44. The molecule has 0 aliphatic carbocycles. The fourth-order valence-electron chi connectivity index (χ4n) is 2.42. The highest BCUT2D eigenvalue weighted by atomic mass is 16.5. The maximum absolute atomic E-state index is 10.7. The van der Waals surface area contributed by atoms with E-state index in [2.05, 4.69) is 18.8 Å². The van der Waals surface area contributed by atoms with Gasteiger partial charge in [-0.2, -0.15) is 0 Å². The molecule has 0 aliphatic heterocycles. The van der Waals surface area contributed by atoms with Crippen LogP contribution in [0.4, 0.5) is 0 Å². The summed E-state index contributed by atoms with van der Waals surface area (Å²) in [5.41, 5.74) is 0. The molecule has 22 heavy (non-hydrogen) atoms. The quantitative estimate of drug-likeness (QED) is 0.355. The van der Waals surface area contributed by atoms with Crippen LogP contribution in [-0.2, 0) is 9.53 Å². The monoisotopic (exact) mass is 310 g/mol. The van der Waals surface area contributed by atoms with E-state index in [4.69, 9.17) is 9.84 Å². The molecule has 0 fully saturated rings. The van der Waals surface area contributed by atoms with Gasteiger partial charge < -0.3 is 9.84 Å². The molecular weight excluding hydrogens is 276 g/mol. The van der Waals surface area contributed by atoms with Gasteiger partial charge in [-0.1, -0.05) is 58.3 Å². The number of rotatable bonds is 14. The van der Waals surface area contributed by atoms with Gasteiger partial charge in [0.25, 0.3) is 0 Å². The van der Waals surface area contributed by atoms with Gasteiger partial charge in [-0.05, 0) is 19.3 Å². The van der Waals surface area contributed by atoms with Crippen LogP contribution in [0.25, 0.3) is 0 Å². The Kier molecular flexibility index (Phi) is 15.6. The van der Waals surface area contributed by atoms with E-state index in [1.165, 1.54) is 64.9 Å². The van der Waals surface area contributed by atoms with E-state index in [1.54, 1.807) is 0 Å². The standard InChI is InChI=1S/C19H34O3/c1-3-4-5-6-7-8-9-10-11-12-13-14-15-16-17-18(22-2)19(20)21/h18H,3-12,15-17H2,1-2H3,(H,20,21)/t18-/m0/s1. The predicted molar refractivity (Wildman–Crippen MR) is 91.9 cm³/mol. The van der Waals surface area contributed by atoms with Crippen LogP contribution >= 0.6 is 0 Å². The number of aliphatic carboxylic acids is 1. The number of hydrogen-bond acceptors (Lipinski definition) is 2. The molecule has 0 aromatic heterocycles. The Morgan fingerprint density at radius 2 is 1.41 bits per heavy atom. The third-order valence-electron chi connectivity index (χ3n) is 3.86. The van der Waals surface area contributed by atoms with E-state index in [0.717, 1.165) is 19.3 Å². The first kappa shape index (κ1) is 21.0. The normalized spacial score (nSPS) is 11.7. The topological polar surface area (TPSA) is 46.5 Å². The Labute approximate surface area is 136 Å². The second-order valence-corrected chi connectivity index (χ2v) is 5.89. The summed E-state index contributed by atoms with van der Waals surface area (Å²) in [5.74, 6) is 5.43. The van der Waals surface area contributed by atoms with Crippen molar-refractivity contribution in [1.29, 1.82) is 0 Å². The fraction of sp³-hybridized carbons (Fsp3) is 0.842. The van der Waals surface area contributed by atoms with E-state index in [-0.39, 0.29) is 0 Å². The average molecular weight is 310 g/mol. The number of unbranched alkanes of at least 4 members (excludes halogenated alkanes) is 10. The maximum Gasteiger partial charge on any atom is 0.332 e. The zero-order chi connectivity index (χ0) is 16.5. The predicted octanol–water partition coefficient (Wildman–Crippen LogP) is 5.18. The van der Waals surface area contributed by atoms with Crippen LogP contribution in [0.5, 0.6) is 0 Å². The lowest BCUT2D eigenvalue weighted by Crippen LogP contribution is -2.21. The first-order valence-corrected chi connectivity index (χ1v) is 8.93. The van der Waals surface area contributed by atoms with Crippen molar-refractivity contribution in [3.8, 4) is 11.8 Å². The third-order valence-corrected chi connectivity index (χ3v) is 3.86. The van der Waals surface area contributed by atoms with Crippen molar-refractivity contribution in [2.75, 3.05) is 7.11 Å². The van der Waals surface area contributed by atoms with Crippen LogP contribution in [-0.4, -0.2) is 24.3 Å². The molecule has 0 heterocycles. The van der Waals surface area contributed by atoms with Crippen molar-refractivity contribution >= 4 is 5.97 Å². The van der Waals surface area contributed by atoms with Crippen LogP contribution in [0.15, 0.2) is 0 Å². The van der Waals surface area contributed by atoms with Crippen LogP contribution in [0, 0.1) is 11.8 Å². The molecule has 0 saturated carbocycles. The highest BCUT2D eigenvalue weighted by Gasteiger charge is 2.14. The van der Waals surface area contributed by atoms with E-state index in [0.29, 0.717) is 6.42 Å². The molecule has 0 radical (unpaired) electrons. The first-order chi connectivity index (χ1) is 10.7. The van der Waals surface area contributed by atoms with Gasteiger partial charge >= 0.3 is 5.97 Å². The molecule has 0 bridgehead atoms. The number of hydrogen-bond donors (Lipinski definition) is 1. The van der Waals surface area contributed by atoms with Gasteiger partial charge in [0, 0.05) is 20.0 Å². The molecule has 0 spiro atoms. The highest BCUT2D eigenvalue weighted by Crippen LogP contribution is 2.10. The van der Waals surface area contributed by atoms with Gasteiger partial charge in [0.05, 0.1) is 0 Å².